The number of nitrogens with two attached hydrogens (primary N) is 1. The zero-order valence-electron chi connectivity index (χ0n) is 8.98. The predicted molar refractivity (Wildman–Crippen MR) is 59.2 cm³/mol. The fourth-order valence-corrected chi connectivity index (χ4v) is 1.56. The van der Waals surface area contributed by atoms with Crippen molar-refractivity contribution in [3.05, 3.63) is 23.3 Å². The molecule has 2 rings (SSSR count). The summed E-state index contributed by atoms with van der Waals surface area (Å²) >= 11 is 0. The average Bonchev–Trinajstić information content (AvgIpc) is 2.67. The van der Waals surface area contributed by atoms with E-state index in [4.69, 9.17) is 10.3 Å². The second-order valence-corrected chi connectivity index (χ2v) is 3.66. The zero-order valence-corrected chi connectivity index (χ0v) is 8.98. The van der Waals surface area contributed by atoms with E-state index in [0.717, 1.165) is 5.56 Å². The van der Waals surface area contributed by atoms with Gasteiger partial charge in [0.1, 0.15) is 0 Å². The van der Waals surface area contributed by atoms with Crippen molar-refractivity contribution in [1.29, 1.82) is 0 Å². The monoisotopic (exact) mass is 220 g/mol. The molecule has 1 heterocycles. The number of benzene rings is 1. The van der Waals surface area contributed by atoms with Crippen molar-refractivity contribution in [3.8, 4) is 22.8 Å². The summed E-state index contributed by atoms with van der Waals surface area (Å²) in [5, 5.41) is 22.6. The number of nitrogens with zero attached hydrogens (tertiary/aromatic N) is 1. The lowest BCUT2D eigenvalue weighted by Gasteiger charge is -2.09. The molecule has 0 bridgehead atoms. The lowest BCUT2D eigenvalue weighted by Crippen LogP contribution is -1.88. The minimum atomic E-state index is -0.187. The second kappa shape index (κ2) is 3.44. The number of aromatic hydroxyl groups is 2. The molecule has 4 N–H and O–H groups in total. The highest BCUT2D eigenvalue weighted by Crippen LogP contribution is 2.37. The topological polar surface area (TPSA) is 92.5 Å². The van der Waals surface area contributed by atoms with E-state index in [-0.39, 0.29) is 17.3 Å². The zero-order chi connectivity index (χ0) is 11.9. The van der Waals surface area contributed by atoms with Crippen LogP contribution in [-0.4, -0.2) is 15.4 Å². The van der Waals surface area contributed by atoms with Gasteiger partial charge in [0.25, 0.3) is 0 Å². The quantitative estimate of drug-likeness (QED) is 0.639. The highest BCUT2D eigenvalue weighted by Gasteiger charge is 2.15. The molecule has 2 aromatic rings. The second-order valence-electron chi connectivity index (χ2n) is 3.66. The van der Waals surface area contributed by atoms with Gasteiger partial charge in [-0.2, -0.15) is 0 Å². The standard InChI is InChI=1S/C11H12N2O3/c1-5-6(2)11(15)8(14)3-7(5)9-4-10(12)13-16-9/h3-4,14-15H,1-2H3,(H2,12,13). The summed E-state index contributed by atoms with van der Waals surface area (Å²) in [6.45, 7) is 3.54. The van der Waals surface area contributed by atoms with E-state index in [1.807, 2.05) is 6.92 Å². The van der Waals surface area contributed by atoms with Crippen LogP contribution in [0.3, 0.4) is 0 Å². The number of anilines is 1. The van der Waals surface area contributed by atoms with Crippen LogP contribution in [-0.2, 0) is 0 Å². The van der Waals surface area contributed by atoms with Crippen LogP contribution in [0.15, 0.2) is 16.7 Å². The van der Waals surface area contributed by atoms with Crippen molar-refractivity contribution in [2.24, 2.45) is 0 Å². The summed E-state index contributed by atoms with van der Waals surface area (Å²) in [5.41, 5.74) is 7.53. The normalized spacial score (nSPS) is 10.6. The van der Waals surface area contributed by atoms with E-state index < -0.39 is 0 Å². The van der Waals surface area contributed by atoms with Crippen LogP contribution in [0.25, 0.3) is 11.3 Å². The van der Waals surface area contributed by atoms with Crippen LogP contribution in [0, 0.1) is 13.8 Å². The molecule has 5 nitrogen and oxygen atoms in total. The summed E-state index contributed by atoms with van der Waals surface area (Å²) in [6, 6.07) is 3.00. The molecule has 16 heavy (non-hydrogen) atoms. The molecule has 0 spiro atoms. The number of aromatic nitrogens is 1. The summed E-state index contributed by atoms with van der Waals surface area (Å²) in [5.74, 6) is 0.440. The molecular weight excluding hydrogens is 208 g/mol. The lowest BCUT2D eigenvalue weighted by atomic mass is 10.00. The molecule has 0 aliphatic heterocycles. The van der Waals surface area contributed by atoms with Crippen LogP contribution < -0.4 is 5.73 Å². The van der Waals surface area contributed by atoms with Gasteiger partial charge in [0, 0.05) is 11.6 Å². The summed E-state index contributed by atoms with van der Waals surface area (Å²) in [6.07, 6.45) is 0. The number of phenolic OH excluding ortho intramolecular Hbond substituents is 2. The van der Waals surface area contributed by atoms with Gasteiger partial charge in [-0.25, -0.2) is 0 Å². The molecule has 0 atom stereocenters. The fourth-order valence-electron chi connectivity index (χ4n) is 1.56. The minimum absolute atomic E-state index is 0.117. The van der Waals surface area contributed by atoms with Gasteiger partial charge in [-0.05, 0) is 31.0 Å². The van der Waals surface area contributed by atoms with E-state index >= 15 is 0 Å². The SMILES string of the molecule is Cc1c(-c2cc(N)no2)cc(O)c(O)c1C. The van der Waals surface area contributed by atoms with Crippen molar-refractivity contribution in [3.63, 3.8) is 0 Å². The Morgan fingerprint density at radius 2 is 1.88 bits per heavy atom. The third kappa shape index (κ3) is 1.46. The van der Waals surface area contributed by atoms with E-state index in [0.29, 0.717) is 16.9 Å². The fraction of sp³-hybridized carbons (Fsp3) is 0.182. The van der Waals surface area contributed by atoms with E-state index in [1.54, 1.807) is 13.0 Å². The van der Waals surface area contributed by atoms with E-state index in [9.17, 15) is 10.2 Å². The van der Waals surface area contributed by atoms with E-state index in [2.05, 4.69) is 5.16 Å². The maximum Gasteiger partial charge on any atom is 0.169 e. The summed E-state index contributed by atoms with van der Waals surface area (Å²) in [4.78, 5) is 0. The van der Waals surface area contributed by atoms with Crippen LogP contribution in [0.1, 0.15) is 11.1 Å². The Morgan fingerprint density at radius 1 is 1.19 bits per heavy atom. The Balaban J connectivity index is 2.66. The Hall–Kier alpha value is -2.17. The van der Waals surface area contributed by atoms with E-state index in [1.165, 1.54) is 6.07 Å². The van der Waals surface area contributed by atoms with Crippen molar-refractivity contribution in [1.82, 2.24) is 5.16 Å². The van der Waals surface area contributed by atoms with Crippen LogP contribution >= 0.6 is 0 Å². The number of hydrogen-bond donors (Lipinski definition) is 3. The molecule has 0 radical (unpaired) electrons. The van der Waals surface area contributed by atoms with Crippen molar-refractivity contribution >= 4 is 5.82 Å². The smallest absolute Gasteiger partial charge is 0.169 e. The lowest BCUT2D eigenvalue weighted by molar-refractivity contribution is 0.400. The summed E-state index contributed by atoms with van der Waals surface area (Å²) < 4.78 is 5.01. The first-order valence-corrected chi connectivity index (χ1v) is 4.75. The van der Waals surface area contributed by atoms with Crippen molar-refractivity contribution in [2.75, 3.05) is 5.73 Å². The van der Waals surface area contributed by atoms with Gasteiger partial charge in [0.15, 0.2) is 23.1 Å². The highest BCUT2D eigenvalue weighted by molar-refractivity contribution is 5.70. The molecule has 0 unspecified atom stereocenters. The molecule has 0 fully saturated rings. The molecular formula is C11H12N2O3. The van der Waals surface area contributed by atoms with Gasteiger partial charge < -0.3 is 20.5 Å². The third-order valence-corrected chi connectivity index (χ3v) is 2.64. The van der Waals surface area contributed by atoms with Gasteiger partial charge in [-0.15, -0.1) is 0 Å². The maximum absolute atomic E-state index is 9.54. The molecule has 0 aliphatic carbocycles. The largest absolute Gasteiger partial charge is 0.504 e. The van der Waals surface area contributed by atoms with Gasteiger partial charge in [0.2, 0.25) is 0 Å². The maximum atomic E-state index is 9.54. The first-order valence-electron chi connectivity index (χ1n) is 4.75. The number of hydrogen-bond acceptors (Lipinski definition) is 5. The number of nitrogen functional groups attached to an aromatic ring is 1. The third-order valence-electron chi connectivity index (χ3n) is 2.64. The van der Waals surface area contributed by atoms with Crippen LogP contribution in [0.4, 0.5) is 5.82 Å². The molecule has 1 aromatic carbocycles. The van der Waals surface area contributed by atoms with Gasteiger partial charge in [-0.3, -0.25) is 0 Å². The molecule has 0 aliphatic rings. The Kier molecular flexibility index (Phi) is 2.23. The Labute approximate surface area is 92.1 Å². The first-order chi connectivity index (χ1) is 7.50. The molecule has 0 saturated heterocycles. The van der Waals surface area contributed by atoms with Crippen LogP contribution in [0.2, 0.25) is 0 Å². The van der Waals surface area contributed by atoms with Crippen molar-refractivity contribution in [2.45, 2.75) is 13.8 Å². The van der Waals surface area contributed by atoms with Gasteiger partial charge in [0.05, 0.1) is 0 Å². The molecule has 0 amide bonds. The molecule has 0 saturated carbocycles. The highest BCUT2D eigenvalue weighted by atomic mass is 16.5. The van der Waals surface area contributed by atoms with Crippen molar-refractivity contribution < 1.29 is 14.7 Å². The van der Waals surface area contributed by atoms with Gasteiger partial charge in [-0.1, -0.05) is 5.16 Å². The summed E-state index contributed by atoms with van der Waals surface area (Å²) in [7, 11) is 0. The predicted octanol–water partition coefficient (Wildman–Crippen LogP) is 1.95. The average molecular weight is 220 g/mol. The first kappa shape index (κ1) is 10.4. The minimum Gasteiger partial charge on any atom is -0.504 e. The Morgan fingerprint density at radius 3 is 2.44 bits per heavy atom. The molecule has 1 aromatic heterocycles. The Bertz CT molecular complexity index is 546. The number of rotatable bonds is 1. The molecule has 5 heteroatoms. The van der Waals surface area contributed by atoms with Gasteiger partial charge >= 0.3 is 0 Å². The number of phenols is 2. The van der Waals surface area contributed by atoms with Crippen LogP contribution in [0.5, 0.6) is 11.5 Å². The molecule has 84 valence electrons.